The number of rotatable bonds is 8. The minimum Gasteiger partial charge on any atom is -0.440 e. The smallest absolute Gasteiger partial charge is 0.331 e. The maximum absolute atomic E-state index is 12.7. The van der Waals surface area contributed by atoms with Gasteiger partial charge in [0.1, 0.15) is 11.5 Å². The molecule has 0 aliphatic rings. The van der Waals surface area contributed by atoms with Crippen molar-refractivity contribution in [3.8, 4) is 23.3 Å². The van der Waals surface area contributed by atoms with Crippen molar-refractivity contribution in [2.45, 2.75) is 74.8 Å². The summed E-state index contributed by atoms with van der Waals surface area (Å²) in [7, 11) is 0. The maximum atomic E-state index is 12.7. The highest BCUT2D eigenvalue weighted by Crippen LogP contribution is 2.26. The van der Waals surface area contributed by atoms with Gasteiger partial charge in [-0.15, -0.1) is 0 Å². The monoisotopic (exact) mass is 638 g/mol. The molecule has 0 radical (unpaired) electrons. The third-order valence-electron chi connectivity index (χ3n) is 7.40. The molecule has 0 aliphatic heterocycles. The molecule has 2 heterocycles. The lowest BCUT2D eigenvalue weighted by molar-refractivity contribution is 0.413. The van der Waals surface area contributed by atoms with Crippen LogP contribution in [0.25, 0.3) is 0 Å². The van der Waals surface area contributed by atoms with Crippen molar-refractivity contribution in [1.29, 1.82) is 0 Å². The Hall–Kier alpha value is -5.38. The van der Waals surface area contributed by atoms with Gasteiger partial charge in [0.05, 0.1) is 17.7 Å². The zero-order valence-corrected chi connectivity index (χ0v) is 28.2. The van der Waals surface area contributed by atoms with E-state index in [9.17, 15) is 19.2 Å². The highest BCUT2D eigenvalue weighted by molar-refractivity contribution is 5.39. The molecule has 2 aromatic heterocycles. The zero-order chi connectivity index (χ0) is 34.4. The molecule has 0 fully saturated rings. The first kappa shape index (κ1) is 34.5. The second kappa shape index (κ2) is 14.8. The number of H-pyrrole nitrogens is 3. The molecule has 0 spiro atoms. The molecule has 0 amide bonds. The van der Waals surface area contributed by atoms with E-state index in [4.69, 9.17) is 9.47 Å². The molecule has 5 rings (SSSR count). The molecule has 0 atom stereocenters. The highest BCUT2D eigenvalue weighted by atomic mass is 16.5. The molecule has 47 heavy (non-hydrogen) atoms. The van der Waals surface area contributed by atoms with E-state index in [1.807, 2.05) is 104 Å². The highest BCUT2D eigenvalue weighted by Gasteiger charge is 2.17. The van der Waals surface area contributed by atoms with Crippen molar-refractivity contribution >= 4 is 0 Å². The summed E-state index contributed by atoms with van der Waals surface area (Å²) in [4.78, 5) is 55.1. The van der Waals surface area contributed by atoms with Gasteiger partial charge < -0.3 is 9.47 Å². The minimum absolute atomic E-state index is 0.209. The molecule has 0 saturated carbocycles. The summed E-state index contributed by atoms with van der Waals surface area (Å²) in [6, 6.07) is 17.7. The van der Waals surface area contributed by atoms with Gasteiger partial charge >= 0.3 is 11.4 Å². The fourth-order valence-corrected chi connectivity index (χ4v) is 5.62. The number of ether oxygens (including phenoxy) is 2. The SMILES string of the molecule is CCc1c(Oc2cc(C)cc(C)c2)[nH]c(=O)[nH]c1=O.CCc1c(Oc2cc(C)cc(C)c2)n(Cc2cc(C)cc(C)c2)c(=O)[nH]c1=O. The Morgan fingerprint density at radius 2 is 1.00 bits per heavy atom. The Morgan fingerprint density at radius 3 is 1.49 bits per heavy atom. The Labute approximate surface area is 273 Å². The van der Waals surface area contributed by atoms with Crippen LogP contribution in [0, 0.1) is 41.5 Å². The third kappa shape index (κ3) is 8.88. The van der Waals surface area contributed by atoms with E-state index in [1.165, 1.54) is 4.57 Å². The van der Waals surface area contributed by atoms with E-state index in [1.54, 1.807) is 0 Å². The molecule has 0 bridgehead atoms. The number of hydrogen-bond donors (Lipinski definition) is 3. The normalized spacial score (nSPS) is 10.7. The third-order valence-corrected chi connectivity index (χ3v) is 7.40. The summed E-state index contributed by atoms with van der Waals surface area (Å²) >= 11 is 0. The molecule has 3 N–H and O–H groups in total. The van der Waals surface area contributed by atoms with Gasteiger partial charge in [-0.05, 0) is 106 Å². The summed E-state index contributed by atoms with van der Waals surface area (Å²) in [5, 5.41) is 0. The van der Waals surface area contributed by atoms with Gasteiger partial charge in [-0.1, -0.05) is 55.3 Å². The van der Waals surface area contributed by atoms with Crippen molar-refractivity contribution in [3.05, 3.63) is 146 Å². The Balaban J connectivity index is 0.000000229. The molecule has 0 saturated heterocycles. The van der Waals surface area contributed by atoms with E-state index in [0.717, 1.165) is 38.9 Å². The van der Waals surface area contributed by atoms with Gasteiger partial charge in [0, 0.05) is 0 Å². The van der Waals surface area contributed by atoms with Crippen LogP contribution in [0.4, 0.5) is 0 Å². The topological polar surface area (TPSA) is 139 Å². The summed E-state index contributed by atoms with van der Waals surface area (Å²) in [5.41, 5.74) is 6.50. The van der Waals surface area contributed by atoms with Crippen LogP contribution in [0.3, 0.4) is 0 Å². The van der Waals surface area contributed by atoms with Gasteiger partial charge in [-0.3, -0.25) is 29.1 Å². The van der Waals surface area contributed by atoms with Crippen molar-refractivity contribution in [2.75, 3.05) is 0 Å². The number of aryl methyl sites for hydroxylation is 6. The van der Waals surface area contributed by atoms with E-state index >= 15 is 0 Å². The summed E-state index contributed by atoms with van der Waals surface area (Å²) < 4.78 is 13.3. The van der Waals surface area contributed by atoms with Crippen LogP contribution in [0.5, 0.6) is 23.3 Å². The molecule has 10 heteroatoms. The Morgan fingerprint density at radius 1 is 0.553 bits per heavy atom. The number of aromatic nitrogens is 4. The first-order chi connectivity index (χ1) is 22.3. The lowest BCUT2D eigenvalue weighted by atomic mass is 10.1. The lowest BCUT2D eigenvalue weighted by Crippen LogP contribution is -2.33. The van der Waals surface area contributed by atoms with Crippen molar-refractivity contribution < 1.29 is 9.47 Å². The van der Waals surface area contributed by atoms with Crippen LogP contribution in [0.15, 0.2) is 73.8 Å². The van der Waals surface area contributed by atoms with Gasteiger partial charge in [0.15, 0.2) is 0 Å². The van der Waals surface area contributed by atoms with E-state index in [0.29, 0.717) is 47.9 Å². The number of nitrogens with one attached hydrogen (secondary N) is 3. The van der Waals surface area contributed by atoms with Gasteiger partial charge in [0.2, 0.25) is 11.8 Å². The lowest BCUT2D eigenvalue weighted by Gasteiger charge is -2.17. The largest absolute Gasteiger partial charge is 0.440 e. The molecule has 246 valence electrons. The molecular formula is C37H42N4O6. The van der Waals surface area contributed by atoms with Crippen molar-refractivity contribution in [1.82, 2.24) is 19.5 Å². The molecular weight excluding hydrogens is 596 g/mol. The molecule has 0 unspecified atom stereocenters. The predicted molar refractivity (Wildman–Crippen MR) is 185 cm³/mol. The standard InChI is InChI=1S/C23H26N2O3.C14H16N2O3/c1-6-20-21(26)24-23(27)25(13-18-9-14(2)7-15(3)10-18)22(20)28-19-11-16(4)8-17(5)12-19;1-4-11-12(17)15-14(18)16-13(11)19-10-6-8(2)5-9(3)7-10/h7-12H,6,13H2,1-5H3,(H,24,26,27);5-7H,4H2,1-3H3,(H2,15,16,17,18). The second-order valence-electron chi connectivity index (χ2n) is 11.9. The van der Waals surface area contributed by atoms with E-state index in [-0.39, 0.29) is 5.88 Å². The van der Waals surface area contributed by atoms with E-state index in [2.05, 4.69) is 21.0 Å². The number of nitrogens with zero attached hydrogens (tertiary/aromatic N) is 1. The van der Waals surface area contributed by atoms with Gasteiger partial charge in [0.25, 0.3) is 11.1 Å². The maximum Gasteiger partial charge on any atom is 0.331 e. The Bertz CT molecular complexity index is 2090. The second-order valence-corrected chi connectivity index (χ2v) is 11.9. The first-order valence-electron chi connectivity index (χ1n) is 15.6. The van der Waals surface area contributed by atoms with Crippen LogP contribution in [0.1, 0.15) is 63.9 Å². The fourth-order valence-electron chi connectivity index (χ4n) is 5.62. The van der Waals surface area contributed by atoms with Crippen LogP contribution in [-0.4, -0.2) is 19.5 Å². The zero-order valence-electron chi connectivity index (χ0n) is 28.2. The van der Waals surface area contributed by atoms with Gasteiger partial charge in [-0.25, -0.2) is 9.59 Å². The van der Waals surface area contributed by atoms with Crippen LogP contribution >= 0.6 is 0 Å². The van der Waals surface area contributed by atoms with Crippen LogP contribution < -0.4 is 32.0 Å². The quantitative estimate of drug-likeness (QED) is 0.185. The van der Waals surface area contributed by atoms with Crippen molar-refractivity contribution in [3.63, 3.8) is 0 Å². The fraction of sp³-hybridized carbons (Fsp3) is 0.297. The minimum atomic E-state index is -0.568. The van der Waals surface area contributed by atoms with Crippen molar-refractivity contribution in [2.24, 2.45) is 0 Å². The van der Waals surface area contributed by atoms with Crippen LogP contribution in [0.2, 0.25) is 0 Å². The average Bonchev–Trinajstić information content (AvgIpc) is 2.94. The predicted octanol–water partition coefficient (Wildman–Crippen LogP) is 6.21. The summed E-state index contributed by atoms with van der Waals surface area (Å²) in [6.07, 6.45) is 0.939. The summed E-state index contributed by atoms with van der Waals surface area (Å²) in [5.74, 6) is 1.74. The summed E-state index contributed by atoms with van der Waals surface area (Å²) in [6.45, 7) is 16.0. The van der Waals surface area contributed by atoms with E-state index < -0.39 is 22.5 Å². The average molecular weight is 639 g/mol. The molecule has 3 aromatic carbocycles. The van der Waals surface area contributed by atoms with Gasteiger partial charge in [-0.2, -0.15) is 0 Å². The Kier molecular flexibility index (Phi) is 10.9. The first-order valence-corrected chi connectivity index (χ1v) is 15.6. The number of aromatic amines is 3. The molecule has 10 nitrogen and oxygen atoms in total. The number of benzene rings is 3. The van der Waals surface area contributed by atoms with Crippen LogP contribution in [-0.2, 0) is 19.4 Å². The molecule has 0 aliphatic carbocycles. The molecule has 5 aromatic rings. The number of hydrogen-bond acceptors (Lipinski definition) is 6.